The molecule has 1 heterocycles. The Morgan fingerprint density at radius 2 is 2.40 bits per heavy atom. The summed E-state index contributed by atoms with van der Waals surface area (Å²) in [4.78, 5) is 4.02. The number of hydrogen-bond donors (Lipinski definition) is 1. The SMILES string of the molecule is CC(C)CCc1ncn[nH]1. The molecule has 1 rings (SSSR count). The number of H-pyrrole nitrogens is 1. The molecular formula is C7H13N3. The minimum absolute atomic E-state index is 0.741. The van der Waals surface area contributed by atoms with Crippen molar-refractivity contribution in [3.05, 3.63) is 12.2 Å². The van der Waals surface area contributed by atoms with Crippen LogP contribution in [0.4, 0.5) is 0 Å². The highest BCUT2D eigenvalue weighted by Gasteiger charge is 1.97. The molecule has 0 aliphatic rings. The Balaban J connectivity index is 2.28. The third-order valence-electron chi connectivity index (χ3n) is 1.42. The van der Waals surface area contributed by atoms with E-state index in [2.05, 4.69) is 29.0 Å². The fourth-order valence-corrected chi connectivity index (χ4v) is 0.777. The van der Waals surface area contributed by atoms with Gasteiger partial charge in [-0.25, -0.2) is 4.98 Å². The second-order valence-corrected chi connectivity index (χ2v) is 2.86. The topological polar surface area (TPSA) is 41.6 Å². The standard InChI is InChI=1S/C7H13N3/c1-6(2)3-4-7-8-5-9-10-7/h5-6H,3-4H2,1-2H3,(H,8,9,10). The maximum absolute atomic E-state index is 4.02. The molecule has 0 radical (unpaired) electrons. The lowest BCUT2D eigenvalue weighted by molar-refractivity contribution is 0.575. The Labute approximate surface area is 60.9 Å². The molecule has 0 aliphatic heterocycles. The number of hydrogen-bond acceptors (Lipinski definition) is 2. The van der Waals surface area contributed by atoms with E-state index < -0.39 is 0 Å². The predicted octanol–water partition coefficient (Wildman–Crippen LogP) is 1.39. The van der Waals surface area contributed by atoms with Gasteiger partial charge < -0.3 is 0 Å². The van der Waals surface area contributed by atoms with Crippen molar-refractivity contribution in [2.45, 2.75) is 26.7 Å². The van der Waals surface area contributed by atoms with E-state index in [0.717, 1.165) is 18.2 Å². The zero-order chi connectivity index (χ0) is 7.40. The van der Waals surface area contributed by atoms with Crippen LogP contribution < -0.4 is 0 Å². The van der Waals surface area contributed by atoms with Gasteiger partial charge >= 0.3 is 0 Å². The number of nitrogens with one attached hydrogen (secondary N) is 1. The molecule has 1 aromatic rings. The zero-order valence-corrected chi connectivity index (χ0v) is 6.46. The largest absolute Gasteiger partial charge is 0.263 e. The van der Waals surface area contributed by atoms with Gasteiger partial charge in [0.1, 0.15) is 12.2 Å². The average Bonchev–Trinajstić information content (AvgIpc) is 2.34. The van der Waals surface area contributed by atoms with E-state index in [1.54, 1.807) is 6.33 Å². The first kappa shape index (κ1) is 7.25. The van der Waals surface area contributed by atoms with Gasteiger partial charge in [0.15, 0.2) is 0 Å². The van der Waals surface area contributed by atoms with Crippen LogP contribution in [-0.2, 0) is 6.42 Å². The summed E-state index contributed by atoms with van der Waals surface area (Å²) in [6.07, 6.45) is 3.74. The highest BCUT2D eigenvalue weighted by atomic mass is 15.2. The van der Waals surface area contributed by atoms with Gasteiger partial charge in [-0.2, -0.15) is 5.10 Å². The van der Waals surface area contributed by atoms with Crippen molar-refractivity contribution in [1.29, 1.82) is 0 Å². The fraction of sp³-hybridized carbons (Fsp3) is 0.714. The van der Waals surface area contributed by atoms with Crippen molar-refractivity contribution in [3.63, 3.8) is 0 Å². The number of nitrogens with zero attached hydrogens (tertiary/aromatic N) is 2. The molecule has 0 spiro atoms. The third-order valence-corrected chi connectivity index (χ3v) is 1.42. The minimum Gasteiger partial charge on any atom is -0.263 e. The Morgan fingerprint density at radius 3 is 2.90 bits per heavy atom. The van der Waals surface area contributed by atoms with Crippen LogP contribution >= 0.6 is 0 Å². The van der Waals surface area contributed by atoms with E-state index in [0.29, 0.717) is 0 Å². The Kier molecular flexibility index (Phi) is 2.42. The molecule has 1 N–H and O–H groups in total. The first-order valence-corrected chi connectivity index (χ1v) is 3.63. The van der Waals surface area contributed by atoms with Crippen LogP contribution in [0, 0.1) is 5.92 Å². The highest BCUT2D eigenvalue weighted by Crippen LogP contribution is 2.03. The highest BCUT2D eigenvalue weighted by molar-refractivity contribution is 4.79. The van der Waals surface area contributed by atoms with Gasteiger partial charge in [0, 0.05) is 6.42 Å². The van der Waals surface area contributed by atoms with Crippen molar-refractivity contribution in [3.8, 4) is 0 Å². The van der Waals surface area contributed by atoms with E-state index in [1.165, 1.54) is 6.42 Å². The van der Waals surface area contributed by atoms with E-state index in [9.17, 15) is 0 Å². The molecule has 1 aromatic heterocycles. The summed E-state index contributed by atoms with van der Waals surface area (Å²) in [5, 5.41) is 6.60. The first-order chi connectivity index (χ1) is 4.79. The summed E-state index contributed by atoms with van der Waals surface area (Å²) < 4.78 is 0. The van der Waals surface area contributed by atoms with Gasteiger partial charge in [0.25, 0.3) is 0 Å². The van der Waals surface area contributed by atoms with Crippen LogP contribution in [0.3, 0.4) is 0 Å². The maximum atomic E-state index is 4.02. The lowest BCUT2D eigenvalue weighted by atomic mass is 10.1. The maximum Gasteiger partial charge on any atom is 0.137 e. The van der Waals surface area contributed by atoms with Crippen LogP contribution in [-0.4, -0.2) is 15.2 Å². The molecule has 10 heavy (non-hydrogen) atoms. The third kappa shape index (κ3) is 2.17. The number of aromatic nitrogens is 3. The molecule has 0 unspecified atom stereocenters. The molecule has 3 heteroatoms. The van der Waals surface area contributed by atoms with Crippen LogP contribution in [0.5, 0.6) is 0 Å². The van der Waals surface area contributed by atoms with Gasteiger partial charge in [-0.1, -0.05) is 13.8 Å². The van der Waals surface area contributed by atoms with Crippen molar-refractivity contribution < 1.29 is 0 Å². The van der Waals surface area contributed by atoms with Crippen LogP contribution in [0.1, 0.15) is 26.1 Å². The number of aromatic amines is 1. The van der Waals surface area contributed by atoms with Gasteiger partial charge in [-0.3, -0.25) is 5.10 Å². The molecular weight excluding hydrogens is 126 g/mol. The summed E-state index contributed by atoms with van der Waals surface area (Å²) >= 11 is 0. The van der Waals surface area contributed by atoms with Gasteiger partial charge in [0.2, 0.25) is 0 Å². The molecule has 0 fully saturated rings. The molecule has 0 saturated carbocycles. The average molecular weight is 139 g/mol. The fourth-order valence-electron chi connectivity index (χ4n) is 0.777. The summed E-state index contributed by atoms with van der Waals surface area (Å²) in [5.41, 5.74) is 0. The molecule has 0 aromatic carbocycles. The monoisotopic (exact) mass is 139 g/mol. The second kappa shape index (κ2) is 3.34. The van der Waals surface area contributed by atoms with E-state index in [1.807, 2.05) is 0 Å². The minimum atomic E-state index is 0.741. The van der Waals surface area contributed by atoms with Crippen molar-refractivity contribution in [1.82, 2.24) is 15.2 Å². The normalized spacial score (nSPS) is 10.7. The van der Waals surface area contributed by atoms with Crippen LogP contribution in [0.2, 0.25) is 0 Å². The van der Waals surface area contributed by atoms with Crippen molar-refractivity contribution in [2.24, 2.45) is 5.92 Å². The molecule has 0 amide bonds. The van der Waals surface area contributed by atoms with E-state index in [4.69, 9.17) is 0 Å². The van der Waals surface area contributed by atoms with Crippen LogP contribution in [0.25, 0.3) is 0 Å². The van der Waals surface area contributed by atoms with Crippen molar-refractivity contribution >= 4 is 0 Å². The van der Waals surface area contributed by atoms with Gasteiger partial charge in [-0.15, -0.1) is 0 Å². The molecule has 0 aliphatic carbocycles. The predicted molar refractivity (Wildman–Crippen MR) is 39.5 cm³/mol. The van der Waals surface area contributed by atoms with E-state index in [-0.39, 0.29) is 0 Å². The Hall–Kier alpha value is -0.860. The summed E-state index contributed by atoms with van der Waals surface area (Å²) in [6, 6.07) is 0. The van der Waals surface area contributed by atoms with Gasteiger partial charge in [-0.05, 0) is 12.3 Å². The molecule has 3 nitrogen and oxygen atoms in total. The lowest BCUT2D eigenvalue weighted by Crippen LogP contribution is -1.93. The van der Waals surface area contributed by atoms with Crippen LogP contribution in [0.15, 0.2) is 6.33 Å². The number of rotatable bonds is 3. The summed E-state index contributed by atoms with van der Waals surface area (Å²) in [7, 11) is 0. The molecule has 0 bridgehead atoms. The summed E-state index contributed by atoms with van der Waals surface area (Å²) in [6.45, 7) is 4.41. The Bertz CT molecular complexity index is 167. The second-order valence-electron chi connectivity index (χ2n) is 2.86. The van der Waals surface area contributed by atoms with E-state index >= 15 is 0 Å². The molecule has 0 atom stereocenters. The smallest absolute Gasteiger partial charge is 0.137 e. The first-order valence-electron chi connectivity index (χ1n) is 3.63. The number of aryl methyl sites for hydroxylation is 1. The Morgan fingerprint density at radius 1 is 1.60 bits per heavy atom. The quantitative estimate of drug-likeness (QED) is 0.687. The van der Waals surface area contributed by atoms with Gasteiger partial charge in [0.05, 0.1) is 0 Å². The summed E-state index contributed by atoms with van der Waals surface area (Å²) in [5.74, 6) is 1.74. The molecule has 0 saturated heterocycles. The lowest BCUT2D eigenvalue weighted by Gasteiger charge is -1.99. The zero-order valence-electron chi connectivity index (χ0n) is 6.46. The molecule has 56 valence electrons. The van der Waals surface area contributed by atoms with Crippen molar-refractivity contribution in [2.75, 3.05) is 0 Å².